The maximum atomic E-state index is 14.1. The normalized spacial score (nSPS) is 11.3. The molecule has 32 heavy (non-hydrogen) atoms. The van der Waals surface area contributed by atoms with Gasteiger partial charge >= 0.3 is 5.92 Å². The standard InChI is InChI=1S/C19H14BrClF2N6O3/c1-8-5-9(19(22,23)18(25)32)6-10(15(24)30)14(8)27-17(31)12-7-13(20)28-29(12)16-11(21)3-2-4-26-16/h2-7H,1H3,(H2,24,30)(H2,25,32)(H,27,31). The molecule has 1 aromatic carbocycles. The van der Waals surface area contributed by atoms with Crippen LogP contribution in [0.15, 0.2) is 41.1 Å². The van der Waals surface area contributed by atoms with Gasteiger partial charge in [0.1, 0.15) is 10.3 Å². The van der Waals surface area contributed by atoms with Gasteiger partial charge in [-0.3, -0.25) is 14.4 Å². The van der Waals surface area contributed by atoms with Gasteiger partial charge in [0.05, 0.1) is 16.3 Å². The van der Waals surface area contributed by atoms with Crippen LogP contribution in [0.5, 0.6) is 0 Å². The topological polar surface area (TPSA) is 146 Å². The van der Waals surface area contributed by atoms with E-state index in [9.17, 15) is 23.2 Å². The van der Waals surface area contributed by atoms with Crippen LogP contribution in [0.4, 0.5) is 14.5 Å². The number of aromatic nitrogens is 3. The molecule has 13 heteroatoms. The number of halogens is 4. The van der Waals surface area contributed by atoms with Crippen molar-refractivity contribution < 1.29 is 23.2 Å². The Balaban J connectivity index is 2.07. The predicted octanol–water partition coefficient (Wildman–Crippen LogP) is 2.92. The molecule has 0 spiro atoms. The van der Waals surface area contributed by atoms with Crippen LogP contribution in [0, 0.1) is 6.92 Å². The number of aryl methyl sites for hydroxylation is 1. The summed E-state index contributed by atoms with van der Waals surface area (Å²) >= 11 is 9.31. The highest BCUT2D eigenvalue weighted by Gasteiger charge is 2.40. The van der Waals surface area contributed by atoms with Crippen molar-refractivity contribution >= 4 is 50.9 Å². The molecule has 2 heterocycles. The molecule has 0 saturated carbocycles. The van der Waals surface area contributed by atoms with Gasteiger partial charge in [0, 0.05) is 17.8 Å². The Morgan fingerprint density at radius 3 is 2.50 bits per heavy atom. The largest absolute Gasteiger partial charge is 0.366 e. The molecule has 0 aliphatic heterocycles. The number of nitrogens with two attached hydrogens (primary N) is 2. The summed E-state index contributed by atoms with van der Waals surface area (Å²) in [5, 5.41) is 6.82. The van der Waals surface area contributed by atoms with Crippen molar-refractivity contribution in [2.24, 2.45) is 11.5 Å². The highest BCUT2D eigenvalue weighted by molar-refractivity contribution is 9.10. The lowest BCUT2D eigenvalue weighted by Gasteiger charge is -2.18. The molecule has 9 nitrogen and oxygen atoms in total. The fraction of sp³-hybridized carbons (Fsp3) is 0.105. The minimum atomic E-state index is -4.04. The minimum Gasteiger partial charge on any atom is -0.366 e. The number of pyridine rings is 1. The molecule has 0 atom stereocenters. The van der Waals surface area contributed by atoms with E-state index in [1.54, 1.807) is 12.1 Å². The van der Waals surface area contributed by atoms with E-state index in [1.807, 2.05) is 0 Å². The molecular formula is C19H14BrClF2N6O3. The molecule has 0 radical (unpaired) electrons. The quantitative estimate of drug-likeness (QED) is 0.451. The second-order valence-corrected chi connectivity index (χ2v) is 7.77. The van der Waals surface area contributed by atoms with Crippen molar-refractivity contribution in [2.75, 3.05) is 5.32 Å². The second kappa shape index (κ2) is 8.63. The summed E-state index contributed by atoms with van der Waals surface area (Å²) in [6.07, 6.45) is 1.45. The summed E-state index contributed by atoms with van der Waals surface area (Å²) in [6, 6.07) is 6.15. The van der Waals surface area contributed by atoms with Crippen molar-refractivity contribution in [1.29, 1.82) is 0 Å². The summed E-state index contributed by atoms with van der Waals surface area (Å²) in [5.41, 5.74) is 8.71. The first-order valence-corrected chi connectivity index (χ1v) is 9.91. The molecule has 2 aromatic heterocycles. The molecule has 0 saturated heterocycles. The Labute approximate surface area is 192 Å². The number of hydrogen-bond acceptors (Lipinski definition) is 5. The lowest BCUT2D eigenvalue weighted by atomic mass is 9.98. The predicted molar refractivity (Wildman–Crippen MR) is 115 cm³/mol. The van der Waals surface area contributed by atoms with Crippen molar-refractivity contribution in [2.45, 2.75) is 12.8 Å². The second-order valence-electron chi connectivity index (χ2n) is 6.55. The fourth-order valence-corrected chi connectivity index (χ4v) is 3.43. The van der Waals surface area contributed by atoms with Crippen LogP contribution in [0.25, 0.3) is 5.82 Å². The third-order valence-electron chi connectivity index (χ3n) is 4.36. The summed E-state index contributed by atoms with van der Waals surface area (Å²) in [4.78, 5) is 40.2. The van der Waals surface area contributed by atoms with Crippen LogP contribution < -0.4 is 16.8 Å². The molecular weight excluding hydrogens is 514 g/mol. The average Bonchev–Trinajstić information content (AvgIpc) is 3.10. The van der Waals surface area contributed by atoms with Gasteiger partial charge in [-0.05, 0) is 52.7 Å². The maximum Gasteiger partial charge on any atom is 0.349 e. The number of alkyl halides is 2. The lowest BCUT2D eigenvalue weighted by molar-refractivity contribution is -0.143. The van der Waals surface area contributed by atoms with Gasteiger partial charge < -0.3 is 16.8 Å². The van der Waals surface area contributed by atoms with E-state index in [-0.39, 0.29) is 32.4 Å². The van der Waals surface area contributed by atoms with Crippen molar-refractivity contribution in [3.05, 3.63) is 68.5 Å². The van der Waals surface area contributed by atoms with Gasteiger partial charge in [0.2, 0.25) is 0 Å². The zero-order valence-electron chi connectivity index (χ0n) is 16.2. The Kier molecular flexibility index (Phi) is 6.28. The number of primary amides is 2. The van der Waals surface area contributed by atoms with Crippen molar-refractivity contribution in [1.82, 2.24) is 14.8 Å². The number of nitrogens with one attached hydrogen (secondary N) is 1. The van der Waals surface area contributed by atoms with E-state index < -0.39 is 34.8 Å². The third-order valence-corrected chi connectivity index (χ3v) is 5.05. The van der Waals surface area contributed by atoms with Gasteiger partial charge in [-0.2, -0.15) is 13.9 Å². The number of amides is 3. The molecule has 3 aromatic rings. The van der Waals surface area contributed by atoms with Crippen LogP contribution in [0.1, 0.15) is 32.0 Å². The van der Waals surface area contributed by atoms with Crippen LogP contribution in [-0.2, 0) is 10.7 Å². The molecule has 5 N–H and O–H groups in total. The third kappa shape index (κ3) is 4.32. The molecule has 0 unspecified atom stereocenters. The smallest absolute Gasteiger partial charge is 0.349 e. The van der Waals surface area contributed by atoms with Gasteiger partial charge in [-0.15, -0.1) is 0 Å². The Bertz CT molecular complexity index is 1260. The first-order chi connectivity index (χ1) is 14.9. The summed E-state index contributed by atoms with van der Waals surface area (Å²) in [5.74, 6) is -7.65. The zero-order chi connectivity index (χ0) is 23.8. The maximum absolute atomic E-state index is 14.1. The fourth-order valence-electron chi connectivity index (χ4n) is 2.86. The number of anilines is 1. The Hall–Kier alpha value is -3.38. The molecule has 3 amide bonds. The van der Waals surface area contributed by atoms with E-state index >= 15 is 0 Å². The van der Waals surface area contributed by atoms with Crippen LogP contribution in [0.3, 0.4) is 0 Å². The number of hydrogen-bond donors (Lipinski definition) is 3. The average molecular weight is 528 g/mol. The minimum absolute atomic E-state index is 0.0289. The van der Waals surface area contributed by atoms with Gasteiger partial charge in [0.15, 0.2) is 5.82 Å². The van der Waals surface area contributed by atoms with Gasteiger partial charge in [-0.1, -0.05) is 11.6 Å². The van der Waals surface area contributed by atoms with E-state index in [4.69, 9.17) is 23.1 Å². The highest BCUT2D eigenvalue weighted by atomic mass is 79.9. The first kappa shape index (κ1) is 23.3. The van der Waals surface area contributed by atoms with E-state index in [0.717, 1.165) is 10.7 Å². The molecule has 3 rings (SSSR count). The first-order valence-electron chi connectivity index (χ1n) is 8.74. The number of carbonyl (C=O) groups is 3. The van der Waals surface area contributed by atoms with Crippen LogP contribution >= 0.6 is 27.5 Å². The van der Waals surface area contributed by atoms with E-state index in [1.165, 1.54) is 19.2 Å². The van der Waals surface area contributed by atoms with Crippen LogP contribution in [0.2, 0.25) is 5.02 Å². The zero-order valence-corrected chi connectivity index (χ0v) is 18.5. The van der Waals surface area contributed by atoms with E-state index in [0.29, 0.717) is 6.07 Å². The summed E-state index contributed by atoms with van der Waals surface area (Å²) in [6.45, 7) is 1.35. The molecule has 0 aliphatic rings. The SMILES string of the molecule is Cc1cc(C(F)(F)C(N)=O)cc(C(N)=O)c1NC(=O)c1cc(Br)nn1-c1ncccc1Cl. The lowest BCUT2D eigenvalue weighted by Crippen LogP contribution is -2.33. The summed E-state index contributed by atoms with van der Waals surface area (Å²) in [7, 11) is 0. The van der Waals surface area contributed by atoms with Crippen molar-refractivity contribution in [3.63, 3.8) is 0 Å². The number of benzene rings is 1. The van der Waals surface area contributed by atoms with Crippen LogP contribution in [-0.4, -0.2) is 32.5 Å². The molecule has 0 fully saturated rings. The number of carbonyl (C=O) groups excluding carboxylic acids is 3. The number of rotatable bonds is 6. The Morgan fingerprint density at radius 2 is 1.91 bits per heavy atom. The highest BCUT2D eigenvalue weighted by Crippen LogP contribution is 2.33. The summed E-state index contributed by atoms with van der Waals surface area (Å²) < 4.78 is 29.6. The monoisotopic (exact) mass is 526 g/mol. The van der Waals surface area contributed by atoms with E-state index in [2.05, 4.69) is 31.3 Å². The molecule has 0 bridgehead atoms. The molecule has 0 aliphatic carbocycles. The van der Waals surface area contributed by atoms with Gasteiger partial charge in [-0.25, -0.2) is 9.67 Å². The molecule has 166 valence electrons. The number of nitrogens with zero attached hydrogens (tertiary/aromatic N) is 3. The van der Waals surface area contributed by atoms with Gasteiger partial charge in [0.25, 0.3) is 17.7 Å². The Morgan fingerprint density at radius 1 is 1.22 bits per heavy atom. The van der Waals surface area contributed by atoms with Crippen molar-refractivity contribution in [3.8, 4) is 5.82 Å².